The van der Waals surface area contributed by atoms with E-state index in [1.165, 1.54) is 0 Å². The number of fused-ring (bicyclic) bond motifs is 2. The number of hydrogen-bond donors (Lipinski definition) is 0. The number of carbonyl (C=O) groups excluding carboxylic acids is 1. The second kappa shape index (κ2) is 7.97. The molecule has 0 saturated carbocycles. The second-order valence-corrected chi connectivity index (χ2v) is 5.54. The Bertz CT molecular complexity index is 422. The Morgan fingerprint density at radius 3 is 2.43 bits per heavy atom. The fourth-order valence-electron chi connectivity index (χ4n) is 3.02. The van der Waals surface area contributed by atoms with Gasteiger partial charge in [-0.05, 0) is 19.3 Å². The zero-order valence-corrected chi connectivity index (χ0v) is 12.2. The fraction of sp³-hybridized carbons (Fsp3) is 0.800. The highest BCUT2D eigenvalue weighted by Gasteiger charge is 2.45. The predicted octanol–water partition coefficient (Wildman–Crippen LogP) is 1.23. The Kier molecular flexibility index (Phi) is 5.98. The predicted molar refractivity (Wildman–Crippen MR) is 73.9 cm³/mol. The van der Waals surface area contributed by atoms with Gasteiger partial charge in [0.2, 0.25) is 0 Å². The van der Waals surface area contributed by atoms with Gasteiger partial charge in [-0.15, -0.1) is 0 Å². The molecule has 2 rings (SSSR count). The van der Waals surface area contributed by atoms with Crippen molar-refractivity contribution in [3.05, 3.63) is 0 Å². The smallest absolute Gasteiger partial charge is 0.311 e. The summed E-state index contributed by atoms with van der Waals surface area (Å²) in [5.74, 6) is -0.266. The molecule has 0 radical (unpaired) electrons. The van der Waals surface area contributed by atoms with Crippen LogP contribution in [-0.4, -0.2) is 49.3 Å². The van der Waals surface area contributed by atoms with Crippen LogP contribution >= 0.6 is 0 Å². The lowest BCUT2D eigenvalue weighted by Gasteiger charge is -2.21. The van der Waals surface area contributed by atoms with Crippen molar-refractivity contribution in [1.82, 2.24) is 4.90 Å². The first-order valence-electron chi connectivity index (χ1n) is 7.53. The molecule has 3 unspecified atom stereocenters. The molecule has 0 amide bonds. The van der Waals surface area contributed by atoms with E-state index in [2.05, 4.69) is 12.1 Å². The summed E-state index contributed by atoms with van der Waals surface area (Å²) in [5, 5.41) is 17.2. The van der Waals surface area contributed by atoms with Crippen molar-refractivity contribution in [2.24, 2.45) is 5.92 Å². The van der Waals surface area contributed by atoms with Gasteiger partial charge < -0.3 is 9.47 Å². The molecule has 0 aliphatic carbocycles. The summed E-state index contributed by atoms with van der Waals surface area (Å²) in [6.45, 7) is 2.08. The lowest BCUT2D eigenvalue weighted by Crippen LogP contribution is -2.33. The van der Waals surface area contributed by atoms with Crippen molar-refractivity contribution in [1.29, 1.82) is 10.5 Å². The van der Waals surface area contributed by atoms with E-state index >= 15 is 0 Å². The fourth-order valence-corrected chi connectivity index (χ4v) is 3.02. The Morgan fingerprint density at radius 1 is 1.19 bits per heavy atom. The maximum Gasteiger partial charge on any atom is 0.311 e. The van der Waals surface area contributed by atoms with Gasteiger partial charge in [-0.1, -0.05) is 0 Å². The molecule has 2 bridgehead atoms. The lowest BCUT2D eigenvalue weighted by molar-refractivity contribution is -0.150. The Hall–Kier alpha value is -1.63. The number of ether oxygens (including phenoxy) is 2. The average molecular weight is 291 g/mol. The molecular weight excluding hydrogens is 270 g/mol. The van der Waals surface area contributed by atoms with Crippen molar-refractivity contribution < 1.29 is 14.3 Å². The lowest BCUT2D eigenvalue weighted by atomic mass is 9.89. The molecule has 6 heteroatoms. The third kappa shape index (κ3) is 4.42. The van der Waals surface area contributed by atoms with Crippen molar-refractivity contribution in [2.45, 2.75) is 44.3 Å². The number of nitriles is 2. The van der Waals surface area contributed by atoms with Crippen LogP contribution in [0.5, 0.6) is 0 Å². The van der Waals surface area contributed by atoms with E-state index in [4.69, 9.17) is 20.0 Å². The number of esters is 1. The largest absolute Gasteiger partial charge is 0.464 e. The van der Waals surface area contributed by atoms with Crippen LogP contribution in [0.15, 0.2) is 0 Å². The van der Waals surface area contributed by atoms with E-state index in [9.17, 15) is 4.79 Å². The van der Waals surface area contributed by atoms with Gasteiger partial charge in [-0.3, -0.25) is 9.69 Å². The van der Waals surface area contributed by atoms with Gasteiger partial charge in [0.25, 0.3) is 0 Å². The quantitative estimate of drug-likeness (QED) is 0.625. The number of nitrogens with zero attached hydrogens (tertiary/aromatic N) is 3. The Balaban J connectivity index is 1.67. The molecule has 2 heterocycles. The molecule has 114 valence electrons. The summed E-state index contributed by atoms with van der Waals surface area (Å²) in [7, 11) is 0. The molecule has 0 aromatic carbocycles. The summed E-state index contributed by atoms with van der Waals surface area (Å²) >= 11 is 0. The summed E-state index contributed by atoms with van der Waals surface area (Å²) in [6, 6.07) is 4.18. The van der Waals surface area contributed by atoms with E-state index in [0.717, 1.165) is 19.3 Å². The van der Waals surface area contributed by atoms with Crippen LogP contribution in [0.2, 0.25) is 0 Å². The molecule has 2 aliphatic heterocycles. The topological polar surface area (TPSA) is 86.4 Å². The SMILES string of the molecule is N#CCCN(CCC#N)CCOC(=O)C1CC2CCC1O2. The van der Waals surface area contributed by atoms with Crippen LogP contribution in [0.4, 0.5) is 0 Å². The molecule has 0 aromatic heterocycles. The van der Waals surface area contributed by atoms with Crippen LogP contribution in [0.1, 0.15) is 32.1 Å². The second-order valence-electron chi connectivity index (χ2n) is 5.54. The third-order valence-electron chi connectivity index (χ3n) is 4.14. The van der Waals surface area contributed by atoms with Crippen LogP contribution in [0, 0.1) is 28.6 Å². The van der Waals surface area contributed by atoms with Crippen molar-refractivity contribution in [3.63, 3.8) is 0 Å². The first-order chi connectivity index (χ1) is 10.2. The minimum Gasteiger partial charge on any atom is -0.464 e. The van der Waals surface area contributed by atoms with Crippen molar-refractivity contribution >= 4 is 5.97 Å². The standard InChI is InChI=1S/C15H21N3O3/c16-5-1-7-18(8-2-6-17)9-10-20-15(19)13-11-12-3-4-14(13)21-12/h12-14H,1-4,7-11H2. The summed E-state index contributed by atoms with van der Waals surface area (Å²) in [6.07, 6.45) is 3.94. The highest BCUT2D eigenvalue weighted by atomic mass is 16.5. The maximum atomic E-state index is 12.0. The van der Waals surface area contributed by atoms with E-state index in [0.29, 0.717) is 39.1 Å². The molecule has 6 nitrogen and oxygen atoms in total. The molecular formula is C15H21N3O3. The van der Waals surface area contributed by atoms with Crippen LogP contribution in [0.25, 0.3) is 0 Å². The minimum absolute atomic E-state index is 0.0516. The van der Waals surface area contributed by atoms with Crippen molar-refractivity contribution in [2.75, 3.05) is 26.2 Å². The van der Waals surface area contributed by atoms with Gasteiger partial charge in [0.05, 0.1) is 30.3 Å². The van der Waals surface area contributed by atoms with Crippen LogP contribution < -0.4 is 0 Å². The molecule has 2 fully saturated rings. The normalized spacial score (nSPS) is 26.5. The van der Waals surface area contributed by atoms with Gasteiger partial charge in [0.1, 0.15) is 6.61 Å². The molecule has 3 atom stereocenters. The summed E-state index contributed by atoms with van der Waals surface area (Å²) in [4.78, 5) is 14.0. The zero-order valence-electron chi connectivity index (χ0n) is 12.2. The van der Waals surface area contributed by atoms with E-state index in [1.807, 2.05) is 4.90 Å². The monoisotopic (exact) mass is 291 g/mol. The molecule has 2 saturated heterocycles. The molecule has 2 aliphatic rings. The zero-order chi connectivity index (χ0) is 15.1. The van der Waals surface area contributed by atoms with Gasteiger partial charge in [-0.25, -0.2) is 0 Å². The van der Waals surface area contributed by atoms with Gasteiger partial charge in [0.15, 0.2) is 0 Å². The van der Waals surface area contributed by atoms with Crippen LogP contribution in [-0.2, 0) is 14.3 Å². The first kappa shape index (κ1) is 15.8. The minimum atomic E-state index is -0.164. The first-order valence-corrected chi connectivity index (χ1v) is 7.53. The average Bonchev–Trinajstić information content (AvgIpc) is 3.12. The molecule has 0 spiro atoms. The van der Waals surface area contributed by atoms with Crippen molar-refractivity contribution in [3.8, 4) is 12.1 Å². The molecule has 0 N–H and O–H groups in total. The number of hydrogen-bond acceptors (Lipinski definition) is 6. The molecule has 21 heavy (non-hydrogen) atoms. The van der Waals surface area contributed by atoms with Gasteiger partial charge >= 0.3 is 5.97 Å². The van der Waals surface area contributed by atoms with E-state index in [-0.39, 0.29) is 24.1 Å². The number of rotatable bonds is 8. The van der Waals surface area contributed by atoms with E-state index < -0.39 is 0 Å². The molecule has 0 aromatic rings. The third-order valence-corrected chi connectivity index (χ3v) is 4.14. The Morgan fingerprint density at radius 2 is 1.90 bits per heavy atom. The number of carbonyl (C=O) groups is 1. The summed E-state index contributed by atoms with van der Waals surface area (Å²) in [5.41, 5.74) is 0. The summed E-state index contributed by atoms with van der Waals surface area (Å²) < 4.78 is 11.0. The Labute approximate surface area is 125 Å². The van der Waals surface area contributed by atoms with Gasteiger partial charge in [0, 0.05) is 32.5 Å². The van der Waals surface area contributed by atoms with Gasteiger partial charge in [-0.2, -0.15) is 10.5 Å². The maximum absolute atomic E-state index is 12.0. The highest BCUT2D eigenvalue weighted by Crippen LogP contribution is 2.39. The van der Waals surface area contributed by atoms with E-state index in [1.54, 1.807) is 0 Å². The van der Waals surface area contributed by atoms with Crippen LogP contribution in [0.3, 0.4) is 0 Å². The highest BCUT2D eigenvalue weighted by molar-refractivity contribution is 5.73.